The van der Waals surface area contributed by atoms with Crippen LogP contribution in [0, 0.1) is 10.1 Å². The number of halogens is 2. The van der Waals surface area contributed by atoms with Crippen molar-refractivity contribution in [2.45, 2.75) is 5.33 Å². The third-order valence-corrected chi connectivity index (χ3v) is 2.87. The Kier molecular flexibility index (Phi) is 3.39. The standard InChI is InChI=1S/C9H6BrClN4O2/c10-4-7-5-14(13-12-7)8-2-1-6(11)3-9(8)15(16)17/h1-3,5H,4H2. The molecule has 0 atom stereocenters. The van der Waals surface area contributed by atoms with Gasteiger partial charge in [0.1, 0.15) is 5.69 Å². The third-order valence-electron chi connectivity index (χ3n) is 2.06. The molecule has 0 fully saturated rings. The van der Waals surface area contributed by atoms with Crippen molar-refractivity contribution in [3.8, 4) is 5.69 Å². The van der Waals surface area contributed by atoms with E-state index in [1.54, 1.807) is 12.3 Å². The van der Waals surface area contributed by atoms with E-state index < -0.39 is 4.92 Å². The van der Waals surface area contributed by atoms with Gasteiger partial charge in [0, 0.05) is 16.4 Å². The van der Waals surface area contributed by atoms with Crippen LogP contribution < -0.4 is 0 Å². The Morgan fingerprint density at radius 3 is 2.88 bits per heavy atom. The van der Waals surface area contributed by atoms with Crippen LogP contribution in [0.5, 0.6) is 0 Å². The number of nitro groups is 1. The van der Waals surface area contributed by atoms with Crippen LogP contribution in [0.15, 0.2) is 24.4 Å². The molecule has 0 saturated carbocycles. The summed E-state index contributed by atoms with van der Waals surface area (Å²) in [6.07, 6.45) is 1.62. The van der Waals surface area contributed by atoms with Crippen molar-refractivity contribution in [2.24, 2.45) is 0 Å². The number of benzene rings is 1. The molecule has 17 heavy (non-hydrogen) atoms. The van der Waals surface area contributed by atoms with Gasteiger partial charge in [-0.2, -0.15) is 0 Å². The molecule has 0 radical (unpaired) electrons. The lowest BCUT2D eigenvalue weighted by Gasteiger charge is -2.01. The Labute approximate surface area is 109 Å². The van der Waals surface area contributed by atoms with Crippen LogP contribution in [0.3, 0.4) is 0 Å². The Bertz CT molecular complexity index is 572. The average Bonchev–Trinajstić information content (AvgIpc) is 2.77. The van der Waals surface area contributed by atoms with E-state index in [1.807, 2.05) is 0 Å². The smallest absolute Gasteiger partial charge is 0.258 e. The van der Waals surface area contributed by atoms with Gasteiger partial charge in [0.05, 0.1) is 16.8 Å². The number of hydrogen-bond donors (Lipinski definition) is 0. The summed E-state index contributed by atoms with van der Waals surface area (Å²) in [5, 5.41) is 19.4. The number of aromatic nitrogens is 3. The SMILES string of the molecule is O=[N+]([O-])c1cc(Cl)ccc1-n1cc(CBr)nn1. The van der Waals surface area contributed by atoms with E-state index in [1.165, 1.54) is 16.8 Å². The van der Waals surface area contributed by atoms with E-state index in [4.69, 9.17) is 11.6 Å². The second-order valence-electron chi connectivity index (χ2n) is 3.18. The lowest BCUT2D eigenvalue weighted by molar-refractivity contribution is -0.384. The molecule has 1 aromatic carbocycles. The van der Waals surface area contributed by atoms with E-state index >= 15 is 0 Å². The second kappa shape index (κ2) is 4.80. The topological polar surface area (TPSA) is 73.8 Å². The molecular formula is C9H6BrClN4O2. The van der Waals surface area contributed by atoms with Crippen LogP contribution in [-0.2, 0) is 5.33 Å². The summed E-state index contributed by atoms with van der Waals surface area (Å²) < 4.78 is 1.35. The highest BCUT2D eigenvalue weighted by atomic mass is 79.9. The van der Waals surface area contributed by atoms with Crippen molar-refractivity contribution in [2.75, 3.05) is 0 Å². The van der Waals surface area contributed by atoms with E-state index in [0.29, 0.717) is 21.7 Å². The summed E-state index contributed by atoms with van der Waals surface area (Å²) in [7, 11) is 0. The van der Waals surface area contributed by atoms with Gasteiger partial charge in [-0.25, -0.2) is 4.68 Å². The molecule has 0 bridgehead atoms. The highest BCUT2D eigenvalue weighted by molar-refractivity contribution is 9.08. The minimum atomic E-state index is -0.503. The lowest BCUT2D eigenvalue weighted by Crippen LogP contribution is -2.00. The normalized spacial score (nSPS) is 10.5. The van der Waals surface area contributed by atoms with Crippen molar-refractivity contribution in [3.63, 3.8) is 0 Å². The lowest BCUT2D eigenvalue weighted by atomic mass is 10.2. The van der Waals surface area contributed by atoms with Crippen molar-refractivity contribution in [1.82, 2.24) is 15.0 Å². The zero-order valence-electron chi connectivity index (χ0n) is 8.38. The fourth-order valence-electron chi connectivity index (χ4n) is 1.31. The Morgan fingerprint density at radius 1 is 1.53 bits per heavy atom. The fourth-order valence-corrected chi connectivity index (χ4v) is 1.74. The molecule has 6 nitrogen and oxygen atoms in total. The molecule has 0 saturated heterocycles. The van der Waals surface area contributed by atoms with Gasteiger partial charge in [0.2, 0.25) is 0 Å². The predicted octanol–water partition coefficient (Wildman–Crippen LogP) is 2.72. The minimum Gasteiger partial charge on any atom is -0.258 e. The van der Waals surface area contributed by atoms with Gasteiger partial charge < -0.3 is 0 Å². The Hall–Kier alpha value is -1.47. The number of rotatable bonds is 3. The number of nitrogens with zero attached hydrogens (tertiary/aromatic N) is 4. The van der Waals surface area contributed by atoms with E-state index in [9.17, 15) is 10.1 Å². The van der Waals surface area contributed by atoms with Crippen molar-refractivity contribution < 1.29 is 4.92 Å². The first kappa shape index (κ1) is 12.0. The molecule has 0 spiro atoms. The maximum Gasteiger partial charge on any atom is 0.296 e. The van der Waals surface area contributed by atoms with Crippen LogP contribution in [0.1, 0.15) is 5.69 Å². The molecule has 1 heterocycles. The molecule has 0 aliphatic rings. The second-order valence-corrected chi connectivity index (χ2v) is 4.18. The van der Waals surface area contributed by atoms with E-state index in [0.717, 1.165) is 0 Å². The molecular weight excluding hydrogens is 311 g/mol. The largest absolute Gasteiger partial charge is 0.296 e. The molecule has 0 unspecified atom stereocenters. The van der Waals surface area contributed by atoms with Gasteiger partial charge >= 0.3 is 0 Å². The monoisotopic (exact) mass is 316 g/mol. The molecule has 88 valence electrons. The molecule has 2 aromatic rings. The maximum atomic E-state index is 10.9. The summed E-state index contributed by atoms with van der Waals surface area (Å²) in [6, 6.07) is 4.39. The fraction of sp³-hybridized carbons (Fsp3) is 0.111. The molecule has 0 aliphatic carbocycles. The zero-order valence-corrected chi connectivity index (χ0v) is 10.7. The highest BCUT2D eigenvalue weighted by Gasteiger charge is 2.17. The summed E-state index contributed by atoms with van der Waals surface area (Å²) >= 11 is 8.96. The Balaban J connectivity index is 2.54. The van der Waals surface area contributed by atoms with Gasteiger partial charge in [-0.1, -0.05) is 32.7 Å². The van der Waals surface area contributed by atoms with E-state index in [-0.39, 0.29) is 5.69 Å². The van der Waals surface area contributed by atoms with E-state index in [2.05, 4.69) is 26.2 Å². The average molecular weight is 318 g/mol. The van der Waals surface area contributed by atoms with Gasteiger partial charge in [-0.3, -0.25) is 10.1 Å². The van der Waals surface area contributed by atoms with Gasteiger partial charge in [-0.05, 0) is 12.1 Å². The number of alkyl halides is 1. The van der Waals surface area contributed by atoms with Crippen molar-refractivity contribution >= 4 is 33.2 Å². The Morgan fingerprint density at radius 2 is 2.29 bits per heavy atom. The van der Waals surface area contributed by atoms with Crippen LogP contribution >= 0.6 is 27.5 Å². The minimum absolute atomic E-state index is 0.108. The highest BCUT2D eigenvalue weighted by Crippen LogP contribution is 2.26. The van der Waals surface area contributed by atoms with Gasteiger partial charge in [0.25, 0.3) is 5.69 Å². The molecule has 0 N–H and O–H groups in total. The van der Waals surface area contributed by atoms with Crippen molar-refractivity contribution in [1.29, 1.82) is 0 Å². The maximum absolute atomic E-state index is 10.9. The first-order chi connectivity index (χ1) is 8.11. The quantitative estimate of drug-likeness (QED) is 0.495. The summed E-state index contributed by atoms with van der Waals surface area (Å²) in [5.74, 6) is 0. The van der Waals surface area contributed by atoms with Crippen molar-refractivity contribution in [3.05, 3.63) is 45.2 Å². The first-order valence-electron chi connectivity index (χ1n) is 4.53. The van der Waals surface area contributed by atoms with Crippen LogP contribution in [0.25, 0.3) is 5.69 Å². The van der Waals surface area contributed by atoms with Gasteiger partial charge in [0.15, 0.2) is 0 Å². The molecule has 1 aromatic heterocycles. The number of hydrogen-bond acceptors (Lipinski definition) is 4. The summed E-state index contributed by atoms with van der Waals surface area (Å²) in [6.45, 7) is 0. The number of nitro benzene ring substituents is 1. The van der Waals surface area contributed by atoms with Crippen LogP contribution in [0.2, 0.25) is 5.02 Å². The predicted molar refractivity (Wildman–Crippen MR) is 65.7 cm³/mol. The van der Waals surface area contributed by atoms with Crippen LogP contribution in [-0.4, -0.2) is 19.9 Å². The molecule has 0 amide bonds. The first-order valence-corrected chi connectivity index (χ1v) is 6.03. The molecule has 0 aliphatic heterocycles. The third kappa shape index (κ3) is 2.45. The zero-order chi connectivity index (χ0) is 12.4. The summed E-state index contributed by atoms with van der Waals surface area (Å²) in [4.78, 5) is 10.4. The molecule has 2 rings (SSSR count). The van der Waals surface area contributed by atoms with Crippen LogP contribution in [0.4, 0.5) is 5.69 Å². The summed E-state index contributed by atoms with van der Waals surface area (Å²) in [5.41, 5.74) is 0.914. The molecule has 8 heteroatoms. The van der Waals surface area contributed by atoms with Gasteiger partial charge in [-0.15, -0.1) is 5.10 Å².